The van der Waals surface area contributed by atoms with E-state index < -0.39 is 0 Å². The molecule has 2 aromatic heterocycles. The first-order valence-corrected chi connectivity index (χ1v) is 7.46. The first-order chi connectivity index (χ1) is 11.4. The molecule has 1 aromatic carbocycles. The third kappa shape index (κ3) is 2.43. The average molecular weight is 300 g/mol. The normalized spacial score (nSPS) is 12.9. The number of rotatable bonds is 3. The van der Waals surface area contributed by atoms with Crippen LogP contribution in [0.25, 0.3) is 0 Å². The second-order valence-electron chi connectivity index (χ2n) is 5.22. The van der Waals surface area contributed by atoms with Crippen LogP contribution in [0.3, 0.4) is 0 Å². The number of fused-ring (bicyclic) bond motifs is 1. The fraction of sp³-hybridized carbons (Fsp3) is 0.0588. The fourth-order valence-electron chi connectivity index (χ4n) is 2.69. The summed E-state index contributed by atoms with van der Waals surface area (Å²) in [4.78, 5) is 13.2. The average Bonchev–Trinajstić information content (AvgIpc) is 3.02. The third-order valence-electron chi connectivity index (χ3n) is 3.78. The van der Waals surface area contributed by atoms with Crippen LogP contribution in [0, 0.1) is 0 Å². The molecule has 0 unspecified atom stereocenters. The van der Waals surface area contributed by atoms with Gasteiger partial charge in [-0.3, -0.25) is 0 Å². The zero-order valence-corrected chi connectivity index (χ0v) is 12.5. The van der Waals surface area contributed by atoms with Gasteiger partial charge in [-0.15, -0.1) is 0 Å². The maximum Gasteiger partial charge on any atom is 0.403 e. The molecule has 0 saturated heterocycles. The van der Waals surface area contributed by atoms with Gasteiger partial charge >= 0.3 is 7.55 Å². The molecule has 5 nitrogen and oxygen atoms in total. The lowest BCUT2D eigenvalue weighted by atomic mass is 10.1. The minimum Gasteiger partial charge on any atom is -0.351 e. The third-order valence-corrected chi connectivity index (χ3v) is 3.78. The van der Waals surface area contributed by atoms with E-state index in [9.17, 15) is 0 Å². The number of nitrogens with two attached hydrogens (primary N) is 1. The Morgan fingerprint density at radius 2 is 1.52 bits per heavy atom. The molecule has 23 heavy (non-hydrogen) atoms. The number of hydrogen-bond donors (Lipinski definition) is 1. The Labute approximate surface area is 135 Å². The van der Waals surface area contributed by atoms with Crippen molar-refractivity contribution < 1.29 is 0 Å². The van der Waals surface area contributed by atoms with Gasteiger partial charge < -0.3 is 15.4 Å². The Balaban J connectivity index is 1.78. The predicted molar refractivity (Wildman–Crippen MR) is 92.8 cm³/mol. The zero-order chi connectivity index (χ0) is 15.6. The van der Waals surface area contributed by atoms with Crippen molar-refractivity contribution in [3.63, 3.8) is 0 Å². The summed E-state index contributed by atoms with van der Waals surface area (Å²) in [5.74, 6) is 1.72. The van der Waals surface area contributed by atoms with Crippen molar-refractivity contribution in [1.82, 2.24) is 9.97 Å². The summed E-state index contributed by atoms with van der Waals surface area (Å²) in [7, 11) is 2.01. The lowest BCUT2D eigenvalue weighted by molar-refractivity contribution is 0.987. The van der Waals surface area contributed by atoms with Gasteiger partial charge in [0.25, 0.3) is 0 Å². The second kappa shape index (κ2) is 5.74. The molecule has 6 heteroatoms. The van der Waals surface area contributed by atoms with Gasteiger partial charge in [0.1, 0.15) is 11.6 Å². The molecule has 111 valence electrons. The quantitative estimate of drug-likeness (QED) is 0.754. The highest BCUT2D eigenvalue weighted by Gasteiger charge is 2.31. The van der Waals surface area contributed by atoms with Gasteiger partial charge in [-0.1, -0.05) is 24.3 Å². The van der Waals surface area contributed by atoms with E-state index in [0.29, 0.717) is 6.54 Å². The molecule has 0 atom stereocenters. The van der Waals surface area contributed by atoms with E-state index in [1.54, 1.807) is 6.20 Å². The molecule has 3 aromatic rings. The largest absolute Gasteiger partial charge is 0.403 e. The van der Waals surface area contributed by atoms with Crippen molar-refractivity contribution in [1.29, 1.82) is 0 Å². The summed E-state index contributed by atoms with van der Waals surface area (Å²) in [5.41, 5.74) is 8.73. The van der Waals surface area contributed by atoms with E-state index in [-0.39, 0.29) is 0 Å². The molecule has 0 bridgehead atoms. The molecule has 1 radical (unpaired) electrons. The van der Waals surface area contributed by atoms with Crippen LogP contribution in [0.4, 0.5) is 23.0 Å². The fourth-order valence-corrected chi connectivity index (χ4v) is 2.69. The van der Waals surface area contributed by atoms with Crippen molar-refractivity contribution >= 4 is 30.6 Å². The van der Waals surface area contributed by atoms with Crippen molar-refractivity contribution in [2.45, 2.75) is 6.54 Å². The number of aromatic nitrogens is 2. The van der Waals surface area contributed by atoms with Gasteiger partial charge in [0, 0.05) is 12.7 Å². The Morgan fingerprint density at radius 3 is 2.22 bits per heavy atom. The number of hydrogen-bond acceptors (Lipinski definition) is 5. The first kappa shape index (κ1) is 13.8. The van der Waals surface area contributed by atoms with Crippen molar-refractivity contribution in [3.8, 4) is 0 Å². The van der Waals surface area contributed by atoms with Crippen LogP contribution in [0.2, 0.25) is 0 Å². The van der Waals surface area contributed by atoms with Gasteiger partial charge in [0.05, 0.1) is 17.1 Å². The molecule has 4 rings (SSSR count). The highest BCUT2D eigenvalue weighted by atomic mass is 15.3. The van der Waals surface area contributed by atoms with Crippen LogP contribution < -0.4 is 15.4 Å². The Kier molecular flexibility index (Phi) is 3.44. The number of anilines is 4. The Morgan fingerprint density at radius 1 is 0.826 bits per heavy atom. The minimum atomic E-state index is 0.424. The van der Waals surface area contributed by atoms with Crippen molar-refractivity contribution in [2.75, 3.05) is 9.62 Å². The maximum atomic E-state index is 5.72. The molecule has 0 fully saturated rings. The van der Waals surface area contributed by atoms with Crippen LogP contribution in [0.1, 0.15) is 5.69 Å². The SMILES string of the molecule is NCc1cccc(N2[B]N(c3ccccn3)c3ccccc32)n1. The molecule has 2 N–H and O–H groups in total. The van der Waals surface area contributed by atoms with Crippen molar-refractivity contribution in [3.05, 3.63) is 72.6 Å². The lowest BCUT2D eigenvalue weighted by Gasteiger charge is -2.18. The molecule has 1 aliphatic heterocycles. The number of para-hydroxylation sites is 2. The number of benzene rings is 1. The summed E-state index contributed by atoms with van der Waals surface area (Å²) < 4.78 is 0. The number of nitrogens with zero attached hydrogens (tertiary/aromatic N) is 4. The minimum absolute atomic E-state index is 0.424. The monoisotopic (exact) mass is 300 g/mol. The molecule has 0 aliphatic carbocycles. The highest BCUT2D eigenvalue weighted by molar-refractivity contribution is 6.54. The zero-order valence-electron chi connectivity index (χ0n) is 12.5. The standard InChI is InChI=1S/C17H15BN5/c19-12-13-6-5-10-17(21-13)23-15-8-2-1-7-14(15)22(18-23)16-9-3-4-11-20-16/h1-11H,12,19H2. The summed E-state index contributed by atoms with van der Waals surface area (Å²) in [6, 6.07) is 20.0. The first-order valence-electron chi connectivity index (χ1n) is 7.46. The summed E-state index contributed by atoms with van der Waals surface area (Å²) in [6.45, 7) is 0.424. The Bertz CT molecular complexity index is 824. The number of pyridine rings is 2. The maximum absolute atomic E-state index is 5.72. The van der Waals surface area contributed by atoms with Crippen LogP contribution in [-0.2, 0) is 6.54 Å². The lowest BCUT2D eigenvalue weighted by Crippen LogP contribution is -2.29. The van der Waals surface area contributed by atoms with Gasteiger partial charge in [0.2, 0.25) is 0 Å². The molecule has 0 saturated carbocycles. The van der Waals surface area contributed by atoms with E-state index in [1.807, 2.05) is 56.1 Å². The van der Waals surface area contributed by atoms with Gasteiger partial charge in [-0.05, 0) is 36.4 Å². The van der Waals surface area contributed by atoms with Gasteiger partial charge in [-0.25, -0.2) is 9.97 Å². The predicted octanol–water partition coefficient (Wildman–Crippen LogP) is 2.76. The smallest absolute Gasteiger partial charge is 0.351 e. The van der Waals surface area contributed by atoms with E-state index in [4.69, 9.17) is 5.73 Å². The molecular weight excluding hydrogens is 285 g/mol. The van der Waals surface area contributed by atoms with E-state index in [2.05, 4.69) is 31.7 Å². The molecular formula is C17H15BN5. The molecule has 0 amide bonds. The molecule has 3 heterocycles. The highest BCUT2D eigenvalue weighted by Crippen LogP contribution is 2.41. The Hall–Kier alpha value is -2.86. The van der Waals surface area contributed by atoms with Gasteiger partial charge in [0.15, 0.2) is 0 Å². The van der Waals surface area contributed by atoms with Crippen LogP contribution in [0.5, 0.6) is 0 Å². The molecule has 0 spiro atoms. The van der Waals surface area contributed by atoms with Crippen LogP contribution in [0.15, 0.2) is 66.9 Å². The van der Waals surface area contributed by atoms with Crippen LogP contribution in [-0.4, -0.2) is 17.5 Å². The summed E-state index contributed by atoms with van der Waals surface area (Å²) in [6.07, 6.45) is 1.79. The molecule has 1 aliphatic rings. The summed E-state index contributed by atoms with van der Waals surface area (Å²) >= 11 is 0. The van der Waals surface area contributed by atoms with E-state index in [1.165, 1.54) is 0 Å². The van der Waals surface area contributed by atoms with Gasteiger partial charge in [-0.2, -0.15) is 0 Å². The van der Waals surface area contributed by atoms with Crippen LogP contribution >= 0.6 is 0 Å². The second-order valence-corrected chi connectivity index (χ2v) is 5.22. The summed E-state index contributed by atoms with van der Waals surface area (Å²) in [5, 5.41) is 0. The topological polar surface area (TPSA) is 58.3 Å². The van der Waals surface area contributed by atoms with E-state index >= 15 is 0 Å². The van der Waals surface area contributed by atoms with E-state index in [0.717, 1.165) is 28.7 Å². The van der Waals surface area contributed by atoms with Crippen molar-refractivity contribution in [2.24, 2.45) is 5.73 Å².